The van der Waals surface area contributed by atoms with Gasteiger partial charge in [-0.05, 0) is 27.9 Å². The highest BCUT2D eigenvalue weighted by Crippen LogP contribution is 2.06. The van der Waals surface area contributed by atoms with E-state index in [1.54, 1.807) is 4.90 Å². The summed E-state index contributed by atoms with van der Waals surface area (Å²) in [6.07, 6.45) is 0. The largest absolute Gasteiger partial charge is 0.480 e. The second-order valence-electron chi connectivity index (χ2n) is 5.99. The molecule has 1 rings (SSSR count). The molecule has 1 aliphatic rings. The summed E-state index contributed by atoms with van der Waals surface area (Å²) in [5.41, 5.74) is -1.24. The van der Waals surface area contributed by atoms with Crippen molar-refractivity contribution in [3.8, 4) is 0 Å². The number of nitrogens with zero attached hydrogens (tertiary/aromatic N) is 3. The van der Waals surface area contributed by atoms with Crippen molar-refractivity contribution >= 4 is 12.0 Å². The van der Waals surface area contributed by atoms with Crippen molar-refractivity contribution in [2.75, 3.05) is 53.4 Å². The molecule has 0 unspecified atom stereocenters. The van der Waals surface area contributed by atoms with Gasteiger partial charge in [0.05, 0.1) is 0 Å². The highest BCUT2D eigenvalue weighted by molar-refractivity contribution is 5.85. The first-order valence-electron chi connectivity index (χ1n) is 6.90. The van der Waals surface area contributed by atoms with Crippen LogP contribution in [0.3, 0.4) is 0 Å². The molecule has 1 fully saturated rings. The summed E-state index contributed by atoms with van der Waals surface area (Å²) in [5, 5.41) is 11.6. The lowest BCUT2D eigenvalue weighted by molar-refractivity contribution is -0.143. The van der Waals surface area contributed by atoms with Crippen LogP contribution in [0.1, 0.15) is 13.8 Å². The molecule has 1 heterocycles. The van der Waals surface area contributed by atoms with Crippen molar-refractivity contribution in [2.45, 2.75) is 19.4 Å². The van der Waals surface area contributed by atoms with E-state index in [0.29, 0.717) is 13.1 Å². The summed E-state index contributed by atoms with van der Waals surface area (Å²) in [4.78, 5) is 29.1. The second-order valence-corrected chi connectivity index (χ2v) is 5.99. The van der Waals surface area contributed by atoms with Crippen molar-refractivity contribution < 1.29 is 14.7 Å². The van der Waals surface area contributed by atoms with Crippen LogP contribution < -0.4 is 5.32 Å². The summed E-state index contributed by atoms with van der Waals surface area (Å²) in [7, 11) is 4.08. The van der Waals surface area contributed by atoms with Crippen LogP contribution in [0.25, 0.3) is 0 Å². The van der Waals surface area contributed by atoms with Crippen LogP contribution in [-0.2, 0) is 4.79 Å². The Balaban J connectivity index is 2.38. The molecule has 0 aromatic heterocycles. The molecule has 0 aliphatic carbocycles. The van der Waals surface area contributed by atoms with Gasteiger partial charge in [-0.15, -0.1) is 0 Å². The van der Waals surface area contributed by atoms with Crippen molar-refractivity contribution in [1.29, 1.82) is 0 Å². The number of amides is 2. The fourth-order valence-electron chi connectivity index (χ4n) is 1.92. The van der Waals surface area contributed by atoms with E-state index in [4.69, 9.17) is 5.11 Å². The number of piperazine rings is 1. The number of likely N-dealkylation sites (N-methyl/N-ethyl adjacent to an activating group) is 1. The highest BCUT2D eigenvalue weighted by atomic mass is 16.4. The van der Waals surface area contributed by atoms with Gasteiger partial charge < -0.3 is 20.2 Å². The first-order chi connectivity index (χ1) is 9.22. The lowest BCUT2D eigenvalue weighted by Gasteiger charge is -2.36. The van der Waals surface area contributed by atoms with Gasteiger partial charge in [-0.25, -0.2) is 9.59 Å². The van der Waals surface area contributed by atoms with Crippen molar-refractivity contribution in [3.63, 3.8) is 0 Å². The summed E-state index contributed by atoms with van der Waals surface area (Å²) in [6.45, 7) is 7.88. The number of hydrogen-bond donors (Lipinski definition) is 2. The predicted octanol–water partition coefficient (Wildman–Crippen LogP) is -0.262. The van der Waals surface area contributed by atoms with Crippen molar-refractivity contribution in [3.05, 3.63) is 0 Å². The number of rotatable bonds is 5. The molecular formula is C13H26N4O3. The van der Waals surface area contributed by atoms with Crippen molar-refractivity contribution in [2.24, 2.45) is 0 Å². The SMILES string of the molecule is CN(C)CCN1CCN(C(=O)NC(C)(C)C(=O)O)CC1. The Kier molecular flexibility index (Phi) is 5.76. The Hall–Kier alpha value is -1.34. The van der Waals surface area contributed by atoms with Crippen LogP contribution in [0.2, 0.25) is 0 Å². The second kappa shape index (κ2) is 6.90. The number of hydrogen-bond acceptors (Lipinski definition) is 4. The molecule has 116 valence electrons. The summed E-state index contributed by atoms with van der Waals surface area (Å²) < 4.78 is 0. The molecule has 1 aliphatic heterocycles. The minimum atomic E-state index is -1.24. The molecule has 0 atom stereocenters. The van der Waals surface area contributed by atoms with E-state index in [2.05, 4.69) is 15.1 Å². The van der Waals surface area contributed by atoms with Gasteiger partial charge in [0.25, 0.3) is 0 Å². The van der Waals surface area contributed by atoms with Crippen LogP contribution in [0.4, 0.5) is 4.79 Å². The average molecular weight is 286 g/mol. The summed E-state index contributed by atoms with van der Waals surface area (Å²) in [5.74, 6) is -1.03. The molecule has 2 N–H and O–H groups in total. The molecule has 2 amide bonds. The van der Waals surface area contributed by atoms with Crippen LogP contribution in [0.5, 0.6) is 0 Å². The Morgan fingerprint density at radius 1 is 1.20 bits per heavy atom. The zero-order valence-corrected chi connectivity index (χ0v) is 12.8. The lowest BCUT2D eigenvalue weighted by Crippen LogP contribution is -2.58. The maximum Gasteiger partial charge on any atom is 0.328 e. The zero-order valence-electron chi connectivity index (χ0n) is 12.8. The highest BCUT2D eigenvalue weighted by Gasteiger charge is 2.31. The number of carbonyl (C=O) groups excluding carboxylic acids is 1. The maximum atomic E-state index is 12.0. The lowest BCUT2D eigenvalue weighted by atomic mass is 10.1. The number of carboxylic acids is 1. The van der Waals surface area contributed by atoms with Gasteiger partial charge in [-0.1, -0.05) is 0 Å². The Morgan fingerprint density at radius 2 is 1.75 bits per heavy atom. The van der Waals surface area contributed by atoms with Gasteiger partial charge in [0.1, 0.15) is 5.54 Å². The van der Waals surface area contributed by atoms with Gasteiger partial charge in [-0.3, -0.25) is 4.90 Å². The van der Waals surface area contributed by atoms with Crippen molar-refractivity contribution in [1.82, 2.24) is 20.0 Å². The van der Waals surface area contributed by atoms with E-state index in [9.17, 15) is 9.59 Å². The molecule has 0 aromatic rings. The molecule has 0 spiro atoms. The summed E-state index contributed by atoms with van der Waals surface area (Å²) in [6, 6.07) is -0.301. The van der Waals surface area contributed by atoms with E-state index in [1.165, 1.54) is 13.8 Å². The molecule has 0 saturated carbocycles. The van der Waals surface area contributed by atoms with E-state index < -0.39 is 11.5 Å². The third-order valence-electron chi connectivity index (χ3n) is 3.48. The van der Waals surface area contributed by atoms with Gasteiger partial charge in [0, 0.05) is 39.3 Å². The molecule has 20 heavy (non-hydrogen) atoms. The quantitative estimate of drug-likeness (QED) is 0.728. The molecule has 1 saturated heterocycles. The first kappa shape index (κ1) is 16.7. The fraction of sp³-hybridized carbons (Fsp3) is 0.846. The van der Waals surface area contributed by atoms with Gasteiger partial charge >= 0.3 is 12.0 Å². The topological polar surface area (TPSA) is 76.1 Å². The maximum absolute atomic E-state index is 12.0. The summed E-state index contributed by atoms with van der Waals surface area (Å²) >= 11 is 0. The minimum Gasteiger partial charge on any atom is -0.480 e. The number of carbonyl (C=O) groups is 2. The average Bonchev–Trinajstić information content (AvgIpc) is 2.36. The number of carboxylic acid groups (broad SMARTS) is 1. The van der Waals surface area contributed by atoms with Gasteiger partial charge in [0.15, 0.2) is 0 Å². The predicted molar refractivity (Wildman–Crippen MR) is 76.8 cm³/mol. The van der Waals surface area contributed by atoms with Crippen LogP contribution in [0, 0.1) is 0 Å². The molecule has 7 nitrogen and oxygen atoms in total. The Labute approximate surface area is 120 Å². The van der Waals surface area contributed by atoms with E-state index in [-0.39, 0.29) is 6.03 Å². The van der Waals surface area contributed by atoms with E-state index in [0.717, 1.165) is 26.2 Å². The standard InChI is InChI=1S/C13H26N4O3/c1-13(2,11(18)19)14-12(20)17-9-7-16(8-10-17)6-5-15(3)4/h5-10H2,1-4H3,(H,14,20)(H,18,19). The number of aliphatic carboxylic acids is 1. The van der Waals surface area contributed by atoms with E-state index >= 15 is 0 Å². The number of urea groups is 1. The molecule has 0 aromatic carbocycles. The van der Waals surface area contributed by atoms with Gasteiger partial charge in [0.2, 0.25) is 0 Å². The Morgan fingerprint density at radius 3 is 2.20 bits per heavy atom. The van der Waals surface area contributed by atoms with Crippen LogP contribution in [-0.4, -0.2) is 90.7 Å². The fourth-order valence-corrected chi connectivity index (χ4v) is 1.92. The minimum absolute atomic E-state index is 0.301. The molecular weight excluding hydrogens is 260 g/mol. The smallest absolute Gasteiger partial charge is 0.328 e. The molecule has 0 radical (unpaired) electrons. The Bertz CT molecular complexity index is 350. The third-order valence-corrected chi connectivity index (χ3v) is 3.48. The zero-order chi connectivity index (χ0) is 15.3. The van der Waals surface area contributed by atoms with Crippen LogP contribution in [0.15, 0.2) is 0 Å². The number of nitrogens with one attached hydrogen (secondary N) is 1. The van der Waals surface area contributed by atoms with Crippen LogP contribution >= 0.6 is 0 Å². The van der Waals surface area contributed by atoms with Gasteiger partial charge in [-0.2, -0.15) is 0 Å². The monoisotopic (exact) mass is 286 g/mol. The normalized spacial score (nSPS) is 17.4. The van der Waals surface area contributed by atoms with E-state index in [1.807, 2.05) is 14.1 Å². The first-order valence-corrected chi connectivity index (χ1v) is 6.90. The third kappa shape index (κ3) is 4.97. The molecule has 0 bridgehead atoms. The molecule has 7 heteroatoms.